The minimum atomic E-state index is 0.243. The highest BCUT2D eigenvalue weighted by Crippen LogP contribution is 2.39. The molecule has 4 heteroatoms. The van der Waals surface area contributed by atoms with Gasteiger partial charge in [0.2, 0.25) is 5.91 Å². The molecule has 1 aromatic rings. The van der Waals surface area contributed by atoms with Crippen molar-refractivity contribution in [2.45, 2.75) is 24.3 Å². The molecule has 1 aromatic carbocycles. The Hall–Kier alpha value is -0.480. The number of thioether (sulfide) groups is 1. The molecular weight excluding hydrogens is 286 g/mol. The Kier molecular flexibility index (Phi) is 2.72. The minimum Gasteiger partial charge on any atom is -0.333 e. The molecule has 84 valence electrons. The second-order valence-corrected chi connectivity index (χ2v) is 6.36. The van der Waals surface area contributed by atoms with E-state index in [-0.39, 0.29) is 5.25 Å². The normalized spacial score (nSPS) is 27.8. The lowest BCUT2D eigenvalue weighted by atomic mass is 10.2. The van der Waals surface area contributed by atoms with E-state index in [4.69, 9.17) is 0 Å². The van der Waals surface area contributed by atoms with E-state index in [2.05, 4.69) is 22.0 Å². The molecule has 2 nitrogen and oxygen atoms in total. The summed E-state index contributed by atoms with van der Waals surface area (Å²) < 4.78 is 1.10. The second-order valence-electron chi connectivity index (χ2n) is 4.27. The number of benzene rings is 1. The average molecular weight is 298 g/mol. The van der Waals surface area contributed by atoms with Gasteiger partial charge in [-0.1, -0.05) is 34.1 Å². The zero-order valence-electron chi connectivity index (χ0n) is 8.73. The van der Waals surface area contributed by atoms with E-state index < -0.39 is 0 Å². The van der Waals surface area contributed by atoms with Crippen molar-refractivity contribution >= 4 is 33.6 Å². The first-order chi connectivity index (χ1) is 7.75. The van der Waals surface area contributed by atoms with E-state index >= 15 is 0 Å². The Bertz CT molecular complexity index is 437. The molecule has 3 rings (SSSR count). The summed E-state index contributed by atoms with van der Waals surface area (Å²) >= 11 is 5.35. The lowest BCUT2D eigenvalue weighted by Crippen LogP contribution is -2.38. The standard InChI is InChI=1S/C12H12BrNOS/c13-10-4-2-1-3-8(10)6-14-9-5-11(12(14)15)16-7-9/h1-4,9,11H,5-7H2. The summed E-state index contributed by atoms with van der Waals surface area (Å²) in [6, 6.07) is 8.60. The first-order valence-electron chi connectivity index (χ1n) is 5.41. The van der Waals surface area contributed by atoms with Crippen LogP contribution in [0.4, 0.5) is 0 Å². The SMILES string of the molecule is O=C1C2CC(CS2)N1Cc1ccccc1Br. The number of fused-ring (bicyclic) bond motifs is 2. The molecular formula is C12H12BrNOS. The van der Waals surface area contributed by atoms with E-state index in [1.807, 2.05) is 34.9 Å². The van der Waals surface area contributed by atoms with Crippen LogP contribution in [-0.2, 0) is 11.3 Å². The Morgan fingerprint density at radius 2 is 2.25 bits per heavy atom. The summed E-state index contributed by atoms with van der Waals surface area (Å²) in [6.07, 6.45) is 1.05. The summed E-state index contributed by atoms with van der Waals surface area (Å²) in [7, 11) is 0. The van der Waals surface area contributed by atoms with Crippen molar-refractivity contribution in [3.63, 3.8) is 0 Å². The van der Waals surface area contributed by atoms with E-state index in [1.165, 1.54) is 5.56 Å². The van der Waals surface area contributed by atoms with Crippen molar-refractivity contribution in [1.29, 1.82) is 0 Å². The van der Waals surface area contributed by atoms with Crippen molar-refractivity contribution in [3.05, 3.63) is 34.3 Å². The number of hydrogen-bond donors (Lipinski definition) is 0. The molecule has 2 aliphatic heterocycles. The molecule has 0 spiro atoms. The molecule has 0 radical (unpaired) electrons. The largest absolute Gasteiger partial charge is 0.333 e. The smallest absolute Gasteiger partial charge is 0.236 e. The molecule has 0 N–H and O–H groups in total. The highest BCUT2D eigenvalue weighted by atomic mass is 79.9. The predicted octanol–water partition coefficient (Wildman–Crippen LogP) is 2.67. The van der Waals surface area contributed by atoms with Crippen LogP contribution in [0.3, 0.4) is 0 Å². The van der Waals surface area contributed by atoms with Gasteiger partial charge in [-0.15, -0.1) is 11.8 Å². The van der Waals surface area contributed by atoms with E-state index in [9.17, 15) is 4.79 Å². The molecule has 2 fully saturated rings. The molecule has 2 bridgehead atoms. The molecule has 0 saturated carbocycles. The Balaban J connectivity index is 1.81. The molecule has 0 aliphatic carbocycles. The number of nitrogens with zero attached hydrogens (tertiary/aromatic N) is 1. The molecule has 2 heterocycles. The van der Waals surface area contributed by atoms with Crippen LogP contribution in [0.2, 0.25) is 0 Å². The Morgan fingerprint density at radius 3 is 2.94 bits per heavy atom. The van der Waals surface area contributed by atoms with Gasteiger partial charge in [0.15, 0.2) is 0 Å². The van der Waals surface area contributed by atoms with Gasteiger partial charge in [0.1, 0.15) is 0 Å². The van der Waals surface area contributed by atoms with Crippen molar-refractivity contribution < 1.29 is 4.79 Å². The van der Waals surface area contributed by atoms with E-state index in [1.54, 1.807) is 0 Å². The molecule has 0 aromatic heterocycles. The van der Waals surface area contributed by atoms with Crippen LogP contribution in [0, 0.1) is 0 Å². The number of halogens is 1. The molecule has 2 unspecified atom stereocenters. The summed E-state index contributed by atoms with van der Waals surface area (Å²) in [5.41, 5.74) is 1.20. The quantitative estimate of drug-likeness (QED) is 0.836. The molecule has 2 saturated heterocycles. The third kappa shape index (κ3) is 1.68. The molecule has 16 heavy (non-hydrogen) atoms. The lowest BCUT2D eigenvalue weighted by Gasteiger charge is -2.27. The van der Waals surface area contributed by atoms with Gasteiger partial charge in [0, 0.05) is 22.8 Å². The maximum Gasteiger partial charge on any atom is 0.236 e. The van der Waals surface area contributed by atoms with Gasteiger partial charge in [-0.05, 0) is 18.1 Å². The van der Waals surface area contributed by atoms with Gasteiger partial charge >= 0.3 is 0 Å². The number of carbonyl (C=O) groups is 1. The van der Waals surface area contributed by atoms with Gasteiger partial charge in [-0.3, -0.25) is 4.79 Å². The molecule has 2 atom stereocenters. The van der Waals surface area contributed by atoms with Gasteiger partial charge in [0.25, 0.3) is 0 Å². The monoisotopic (exact) mass is 297 g/mol. The zero-order chi connectivity index (χ0) is 11.1. The van der Waals surface area contributed by atoms with Gasteiger partial charge in [-0.2, -0.15) is 0 Å². The number of rotatable bonds is 2. The lowest BCUT2D eigenvalue weighted by molar-refractivity contribution is -0.129. The number of likely N-dealkylation sites (tertiary alicyclic amines) is 1. The Morgan fingerprint density at radius 1 is 1.44 bits per heavy atom. The van der Waals surface area contributed by atoms with Crippen LogP contribution in [0.15, 0.2) is 28.7 Å². The zero-order valence-corrected chi connectivity index (χ0v) is 11.1. The second kappa shape index (κ2) is 4.08. The van der Waals surface area contributed by atoms with E-state index in [0.29, 0.717) is 11.9 Å². The topological polar surface area (TPSA) is 20.3 Å². The summed E-state index contributed by atoms with van der Waals surface area (Å²) in [5, 5.41) is 0.243. The molecule has 1 amide bonds. The third-order valence-corrected chi connectivity index (χ3v) is 5.42. The van der Waals surface area contributed by atoms with Crippen LogP contribution in [0.25, 0.3) is 0 Å². The maximum absolute atomic E-state index is 12.0. The first kappa shape index (κ1) is 10.7. The van der Waals surface area contributed by atoms with Crippen molar-refractivity contribution in [2.75, 3.05) is 5.75 Å². The summed E-state index contributed by atoms with van der Waals surface area (Å²) in [4.78, 5) is 14.0. The predicted molar refractivity (Wildman–Crippen MR) is 69.3 cm³/mol. The highest BCUT2D eigenvalue weighted by Gasteiger charge is 2.45. The van der Waals surface area contributed by atoms with Crippen molar-refractivity contribution in [3.8, 4) is 0 Å². The van der Waals surface area contributed by atoms with Gasteiger partial charge in [0.05, 0.1) is 5.25 Å². The van der Waals surface area contributed by atoms with Crippen LogP contribution in [0.1, 0.15) is 12.0 Å². The fourth-order valence-corrected chi connectivity index (χ4v) is 4.20. The highest BCUT2D eigenvalue weighted by molar-refractivity contribution is 9.10. The first-order valence-corrected chi connectivity index (χ1v) is 7.25. The van der Waals surface area contributed by atoms with E-state index in [0.717, 1.165) is 23.2 Å². The molecule has 2 aliphatic rings. The van der Waals surface area contributed by atoms with Crippen LogP contribution >= 0.6 is 27.7 Å². The average Bonchev–Trinajstić information content (AvgIpc) is 2.85. The van der Waals surface area contributed by atoms with Crippen LogP contribution in [0.5, 0.6) is 0 Å². The maximum atomic E-state index is 12.0. The van der Waals surface area contributed by atoms with Crippen LogP contribution < -0.4 is 0 Å². The van der Waals surface area contributed by atoms with Crippen molar-refractivity contribution in [2.24, 2.45) is 0 Å². The van der Waals surface area contributed by atoms with Gasteiger partial charge in [-0.25, -0.2) is 0 Å². The summed E-state index contributed by atoms with van der Waals surface area (Å²) in [6.45, 7) is 0.752. The fraction of sp³-hybridized carbons (Fsp3) is 0.417. The van der Waals surface area contributed by atoms with Crippen LogP contribution in [-0.4, -0.2) is 27.9 Å². The van der Waals surface area contributed by atoms with Crippen molar-refractivity contribution in [1.82, 2.24) is 4.90 Å². The number of carbonyl (C=O) groups excluding carboxylic acids is 1. The fourth-order valence-electron chi connectivity index (χ4n) is 2.38. The van der Waals surface area contributed by atoms with Gasteiger partial charge < -0.3 is 4.90 Å². The number of hydrogen-bond acceptors (Lipinski definition) is 2. The Labute approximate surface area is 108 Å². The minimum absolute atomic E-state index is 0.243. The summed E-state index contributed by atoms with van der Waals surface area (Å²) in [5.74, 6) is 1.44. The third-order valence-electron chi connectivity index (χ3n) is 3.27. The number of amides is 1.